The van der Waals surface area contributed by atoms with Crippen LogP contribution in [0.4, 0.5) is 16.2 Å². The van der Waals surface area contributed by atoms with Crippen LogP contribution in [0.15, 0.2) is 47.6 Å². The SMILES string of the molecule is C/C(=N\O)c1cccc(C(C)(C)NC(=O)Nc2ccc(Cl)c(NS(C)(=O)=O)c2)c1. The zero-order chi connectivity index (χ0) is 21.8. The van der Waals surface area contributed by atoms with Crippen molar-refractivity contribution in [3.05, 3.63) is 58.6 Å². The molecule has 0 radical (unpaired) electrons. The van der Waals surface area contributed by atoms with Crippen molar-refractivity contribution >= 4 is 44.7 Å². The van der Waals surface area contributed by atoms with Gasteiger partial charge in [0, 0.05) is 5.69 Å². The third kappa shape index (κ3) is 6.37. The second kappa shape index (κ2) is 8.71. The summed E-state index contributed by atoms with van der Waals surface area (Å²) in [5, 5.41) is 17.9. The predicted molar refractivity (Wildman–Crippen MR) is 116 cm³/mol. The zero-order valence-corrected chi connectivity index (χ0v) is 18.0. The highest BCUT2D eigenvalue weighted by Crippen LogP contribution is 2.27. The number of carbonyl (C=O) groups excluding carboxylic acids is 1. The summed E-state index contributed by atoms with van der Waals surface area (Å²) >= 11 is 5.99. The Morgan fingerprint density at radius 3 is 2.48 bits per heavy atom. The minimum atomic E-state index is -3.51. The van der Waals surface area contributed by atoms with Crippen LogP contribution in [-0.4, -0.2) is 31.6 Å². The van der Waals surface area contributed by atoms with E-state index in [4.69, 9.17) is 16.8 Å². The van der Waals surface area contributed by atoms with Gasteiger partial charge in [0.05, 0.1) is 28.2 Å². The fourth-order valence-corrected chi connectivity index (χ4v) is 3.38. The van der Waals surface area contributed by atoms with Gasteiger partial charge in [0.1, 0.15) is 0 Å². The molecule has 156 valence electrons. The lowest BCUT2D eigenvalue weighted by molar-refractivity contribution is 0.242. The molecule has 0 fully saturated rings. The van der Waals surface area contributed by atoms with Gasteiger partial charge in [-0.3, -0.25) is 4.72 Å². The molecule has 0 bridgehead atoms. The van der Waals surface area contributed by atoms with E-state index in [-0.39, 0.29) is 10.7 Å². The predicted octanol–water partition coefficient (Wildman–Crippen LogP) is 3.97. The van der Waals surface area contributed by atoms with E-state index in [1.807, 2.05) is 32.0 Å². The monoisotopic (exact) mass is 438 g/mol. The van der Waals surface area contributed by atoms with E-state index in [9.17, 15) is 13.2 Å². The topological polar surface area (TPSA) is 120 Å². The van der Waals surface area contributed by atoms with Crippen molar-refractivity contribution in [2.75, 3.05) is 16.3 Å². The van der Waals surface area contributed by atoms with Crippen LogP contribution in [0.3, 0.4) is 0 Å². The molecule has 2 aromatic rings. The van der Waals surface area contributed by atoms with Crippen LogP contribution in [0.1, 0.15) is 31.9 Å². The van der Waals surface area contributed by atoms with Gasteiger partial charge < -0.3 is 15.8 Å². The highest BCUT2D eigenvalue weighted by molar-refractivity contribution is 7.92. The molecule has 4 N–H and O–H groups in total. The summed E-state index contributed by atoms with van der Waals surface area (Å²) in [5.41, 5.74) is 1.79. The Kier molecular flexibility index (Phi) is 6.76. The molecule has 2 rings (SSSR count). The number of hydrogen-bond acceptors (Lipinski definition) is 5. The number of oxime groups is 1. The van der Waals surface area contributed by atoms with E-state index < -0.39 is 21.6 Å². The molecule has 0 aromatic heterocycles. The Labute approximate surface area is 175 Å². The molecule has 2 amide bonds. The van der Waals surface area contributed by atoms with Gasteiger partial charge >= 0.3 is 6.03 Å². The third-order valence-corrected chi connectivity index (χ3v) is 5.02. The Morgan fingerprint density at radius 2 is 1.86 bits per heavy atom. The van der Waals surface area contributed by atoms with Gasteiger partial charge in [-0.05, 0) is 56.2 Å². The molecule has 0 atom stereocenters. The maximum absolute atomic E-state index is 12.5. The van der Waals surface area contributed by atoms with Crippen molar-refractivity contribution in [3.63, 3.8) is 0 Å². The number of anilines is 2. The van der Waals surface area contributed by atoms with Gasteiger partial charge in [0.25, 0.3) is 0 Å². The second-order valence-electron chi connectivity index (χ2n) is 7.04. The number of hydrogen-bond donors (Lipinski definition) is 4. The fourth-order valence-electron chi connectivity index (χ4n) is 2.59. The number of benzene rings is 2. The Balaban J connectivity index is 2.17. The fraction of sp³-hybridized carbons (Fsp3) is 0.263. The molecule has 0 saturated heterocycles. The van der Waals surface area contributed by atoms with E-state index >= 15 is 0 Å². The molecule has 0 heterocycles. The van der Waals surface area contributed by atoms with Gasteiger partial charge in [-0.25, -0.2) is 13.2 Å². The maximum atomic E-state index is 12.5. The highest BCUT2D eigenvalue weighted by Gasteiger charge is 2.23. The molecule has 2 aromatic carbocycles. The smallest absolute Gasteiger partial charge is 0.319 e. The Hall–Kier alpha value is -2.78. The number of nitrogens with zero attached hydrogens (tertiary/aromatic N) is 1. The van der Waals surface area contributed by atoms with Crippen LogP contribution in [-0.2, 0) is 15.6 Å². The summed E-state index contributed by atoms with van der Waals surface area (Å²) in [6, 6.07) is 11.3. The summed E-state index contributed by atoms with van der Waals surface area (Å²) in [6.45, 7) is 5.33. The van der Waals surface area contributed by atoms with Crippen molar-refractivity contribution in [2.45, 2.75) is 26.3 Å². The quantitative estimate of drug-likeness (QED) is 0.310. The van der Waals surface area contributed by atoms with Crippen molar-refractivity contribution in [1.29, 1.82) is 0 Å². The van der Waals surface area contributed by atoms with Crippen LogP contribution < -0.4 is 15.4 Å². The molecule has 0 spiro atoms. The van der Waals surface area contributed by atoms with E-state index in [0.29, 0.717) is 11.4 Å². The summed E-state index contributed by atoms with van der Waals surface area (Å²) < 4.78 is 25.2. The first-order valence-electron chi connectivity index (χ1n) is 8.57. The number of halogens is 1. The lowest BCUT2D eigenvalue weighted by Gasteiger charge is -2.27. The van der Waals surface area contributed by atoms with Crippen LogP contribution in [0.2, 0.25) is 5.02 Å². The van der Waals surface area contributed by atoms with Gasteiger partial charge in [-0.1, -0.05) is 35.0 Å². The maximum Gasteiger partial charge on any atom is 0.319 e. The molecular formula is C19H23ClN4O4S. The van der Waals surface area contributed by atoms with Crippen LogP contribution in [0.5, 0.6) is 0 Å². The molecule has 0 saturated carbocycles. The number of urea groups is 1. The average Bonchev–Trinajstić information content (AvgIpc) is 2.62. The summed E-state index contributed by atoms with van der Waals surface area (Å²) in [4.78, 5) is 12.5. The normalized spacial score (nSPS) is 12.4. The van der Waals surface area contributed by atoms with Gasteiger partial charge in [0.15, 0.2) is 0 Å². The minimum absolute atomic E-state index is 0.165. The number of rotatable bonds is 6. The average molecular weight is 439 g/mol. The van der Waals surface area contributed by atoms with E-state index in [2.05, 4.69) is 20.5 Å². The minimum Gasteiger partial charge on any atom is -0.411 e. The van der Waals surface area contributed by atoms with E-state index in [1.54, 1.807) is 19.1 Å². The summed E-state index contributed by atoms with van der Waals surface area (Å²) in [7, 11) is -3.51. The van der Waals surface area contributed by atoms with Crippen molar-refractivity contribution in [3.8, 4) is 0 Å². The lowest BCUT2D eigenvalue weighted by atomic mass is 9.92. The highest BCUT2D eigenvalue weighted by atomic mass is 35.5. The van der Waals surface area contributed by atoms with Gasteiger partial charge in [-0.15, -0.1) is 0 Å². The largest absolute Gasteiger partial charge is 0.411 e. The zero-order valence-electron chi connectivity index (χ0n) is 16.4. The van der Waals surface area contributed by atoms with Crippen LogP contribution >= 0.6 is 11.6 Å². The molecule has 0 aliphatic heterocycles. The number of nitrogens with one attached hydrogen (secondary N) is 3. The molecule has 8 nitrogen and oxygen atoms in total. The Bertz CT molecular complexity index is 1050. The van der Waals surface area contributed by atoms with Crippen molar-refractivity contribution in [1.82, 2.24) is 5.32 Å². The van der Waals surface area contributed by atoms with Crippen LogP contribution in [0.25, 0.3) is 0 Å². The molecule has 29 heavy (non-hydrogen) atoms. The molecular weight excluding hydrogens is 416 g/mol. The summed E-state index contributed by atoms with van der Waals surface area (Å²) in [6.07, 6.45) is 1.01. The number of sulfonamides is 1. The van der Waals surface area contributed by atoms with E-state index in [1.165, 1.54) is 12.1 Å². The summed E-state index contributed by atoms with van der Waals surface area (Å²) in [5.74, 6) is 0. The molecule has 0 unspecified atom stereocenters. The van der Waals surface area contributed by atoms with E-state index in [0.717, 1.165) is 17.4 Å². The Morgan fingerprint density at radius 1 is 1.17 bits per heavy atom. The number of carbonyl (C=O) groups is 1. The first kappa shape index (κ1) is 22.5. The third-order valence-electron chi connectivity index (χ3n) is 4.10. The molecule has 10 heteroatoms. The van der Waals surface area contributed by atoms with Gasteiger partial charge in [0.2, 0.25) is 10.0 Å². The van der Waals surface area contributed by atoms with Crippen molar-refractivity contribution in [2.24, 2.45) is 5.16 Å². The molecule has 0 aliphatic carbocycles. The van der Waals surface area contributed by atoms with Crippen molar-refractivity contribution < 1.29 is 18.4 Å². The first-order chi connectivity index (χ1) is 13.4. The second-order valence-corrected chi connectivity index (χ2v) is 9.19. The van der Waals surface area contributed by atoms with Crippen LogP contribution in [0, 0.1) is 0 Å². The van der Waals surface area contributed by atoms with Gasteiger partial charge in [-0.2, -0.15) is 0 Å². The standard InChI is InChI=1S/C19H23ClN4O4S/c1-12(23-26)13-6-5-7-14(10-13)19(2,3)22-18(25)21-15-8-9-16(20)17(11-15)24-29(4,27)28/h5-11,24,26H,1-4H3,(H2,21,22,25)/b23-12+. The number of amides is 2. The molecule has 0 aliphatic rings. The first-order valence-corrected chi connectivity index (χ1v) is 10.8. The lowest BCUT2D eigenvalue weighted by Crippen LogP contribution is -2.43.